The van der Waals surface area contributed by atoms with Gasteiger partial charge in [-0.2, -0.15) is 18.3 Å². The van der Waals surface area contributed by atoms with Crippen LogP contribution in [0.1, 0.15) is 46.8 Å². The summed E-state index contributed by atoms with van der Waals surface area (Å²) in [5.74, 6) is 0.376. The van der Waals surface area contributed by atoms with E-state index in [1.807, 2.05) is 13.1 Å². The first-order chi connectivity index (χ1) is 11.4. The van der Waals surface area contributed by atoms with Crippen LogP contribution in [-0.4, -0.2) is 23.0 Å². The van der Waals surface area contributed by atoms with E-state index in [9.17, 15) is 13.2 Å². The highest BCUT2D eigenvalue weighted by molar-refractivity contribution is 5.38. The van der Waals surface area contributed by atoms with Crippen molar-refractivity contribution in [3.8, 4) is 0 Å². The van der Waals surface area contributed by atoms with Crippen molar-refractivity contribution in [3.05, 3.63) is 52.3 Å². The summed E-state index contributed by atoms with van der Waals surface area (Å²) in [4.78, 5) is 0. The number of aryl methyl sites for hydroxylation is 1. The Morgan fingerprint density at radius 3 is 2.62 bits per heavy atom. The molecule has 1 aliphatic heterocycles. The maximum Gasteiger partial charge on any atom is 0.416 e. The molecule has 1 fully saturated rings. The Balaban J connectivity index is 1.85. The van der Waals surface area contributed by atoms with Crippen LogP contribution >= 0.6 is 0 Å². The van der Waals surface area contributed by atoms with Gasteiger partial charge in [-0.3, -0.25) is 4.68 Å². The quantitative estimate of drug-likeness (QED) is 0.837. The monoisotopic (exact) mass is 338 g/mol. The number of ether oxygens (including phenoxy) is 1. The van der Waals surface area contributed by atoms with Gasteiger partial charge in [-0.25, -0.2) is 0 Å². The van der Waals surface area contributed by atoms with Crippen LogP contribution < -0.4 is 0 Å². The normalized spacial score (nSPS) is 16.5. The number of hydrogen-bond donors (Lipinski definition) is 0. The molecule has 2 heterocycles. The number of benzene rings is 1. The predicted molar refractivity (Wildman–Crippen MR) is 85.0 cm³/mol. The third-order valence-electron chi connectivity index (χ3n) is 4.76. The summed E-state index contributed by atoms with van der Waals surface area (Å²) in [7, 11) is 1.85. The Hall–Kier alpha value is -1.82. The molecule has 0 saturated carbocycles. The SMILES string of the molecule is Cc1c(Cc2cc(C3CCOCC3)nn2C)cccc1C(F)(F)F. The van der Waals surface area contributed by atoms with Crippen molar-refractivity contribution in [2.45, 2.75) is 38.3 Å². The summed E-state index contributed by atoms with van der Waals surface area (Å²) in [6.45, 7) is 3.01. The molecule has 1 saturated heterocycles. The molecular formula is C18H21F3N2O. The van der Waals surface area contributed by atoms with Gasteiger partial charge < -0.3 is 4.74 Å². The van der Waals surface area contributed by atoms with Gasteiger partial charge in [0.1, 0.15) is 0 Å². The predicted octanol–water partition coefficient (Wildman–Crippen LogP) is 4.23. The van der Waals surface area contributed by atoms with E-state index in [0.717, 1.165) is 43.5 Å². The van der Waals surface area contributed by atoms with Crippen molar-refractivity contribution in [2.24, 2.45) is 7.05 Å². The summed E-state index contributed by atoms with van der Waals surface area (Å²) in [5.41, 5.74) is 2.36. The minimum absolute atomic E-state index is 0.291. The average Bonchev–Trinajstić information content (AvgIpc) is 2.90. The zero-order valence-corrected chi connectivity index (χ0v) is 13.9. The molecule has 0 bridgehead atoms. The molecule has 1 aromatic heterocycles. The molecule has 0 aliphatic carbocycles. The molecule has 0 amide bonds. The fraction of sp³-hybridized carbons (Fsp3) is 0.500. The number of rotatable bonds is 3. The Morgan fingerprint density at radius 1 is 1.25 bits per heavy atom. The Labute approximate surface area is 139 Å². The topological polar surface area (TPSA) is 27.1 Å². The molecule has 3 nitrogen and oxygen atoms in total. The van der Waals surface area contributed by atoms with Gasteiger partial charge in [0.15, 0.2) is 0 Å². The first-order valence-electron chi connectivity index (χ1n) is 8.12. The summed E-state index contributed by atoms with van der Waals surface area (Å²) in [6.07, 6.45) is -1.99. The third kappa shape index (κ3) is 3.48. The van der Waals surface area contributed by atoms with E-state index in [4.69, 9.17) is 4.74 Å². The fourth-order valence-corrected chi connectivity index (χ4v) is 3.27. The molecule has 0 atom stereocenters. The molecular weight excluding hydrogens is 317 g/mol. The van der Waals surface area contributed by atoms with Crippen LogP contribution in [0.15, 0.2) is 24.3 Å². The van der Waals surface area contributed by atoms with E-state index >= 15 is 0 Å². The van der Waals surface area contributed by atoms with Gasteiger partial charge in [0, 0.05) is 38.3 Å². The molecule has 0 spiro atoms. The largest absolute Gasteiger partial charge is 0.416 e. The van der Waals surface area contributed by atoms with Gasteiger partial charge in [-0.15, -0.1) is 0 Å². The van der Waals surface area contributed by atoms with E-state index in [-0.39, 0.29) is 0 Å². The second kappa shape index (κ2) is 6.59. The first-order valence-corrected chi connectivity index (χ1v) is 8.12. The molecule has 130 valence electrons. The van der Waals surface area contributed by atoms with Crippen LogP contribution in [0.2, 0.25) is 0 Å². The molecule has 1 aromatic carbocycles. The minimum atomic E-state index is -4.32. The highest BCUT2D eigenvalue weighted by Gasteiger charge is 2.32. The molecule has 3 rings (SSSR count). The Kier molecular flexibility index (Phi) is 4.67. The molecule has 1 aliphatic rings. The van der Waals surface area contributed by atoms with Crippen molar-refractivity contribution in [2.75, 3.05) is 13.2 Å². The summed E-state index contributed by atoms with van der Waals surface area (Å²) in [5, 5.41) is 4.57. The lowest BCUT2D eigenvalue weighted by Crippen LogP contribution is -2.14. The molecule has 0 unspecified atom stereocenters. The zero-order chi connectivity index (χ0) is 17.3. The van der Waals surface area contributed by atoms with Gasteiger partial charge >= 0.3 is 6.18 Å². The van der Waals surface area contributed by atoms with Crippen molar-refractivity contribution in [1.29, 1.82) is 0 Å². The number of aromatic nitrogens is 2. The standard InChI is InChI=1S/C18H21F3N2O/c1-12-14(4-3-5-16(12)18(19,20)21)10-15-11-17(22-23(15)2)13-6-8-24-9-7-13/h3-5,11,13H,6-10H2,1-2H3. The lowest BCUT2D eigenvalue weighted by Gasteiger charge is -2.19. The van der Waals surface area contributed by atoms with Crippen LogP contribution in [0.3, 0.4) is 0 Å². The lowest BCUT2D eigenvalue weighted by atomic mass is 9.95. The smallest absolute Gasteiger partial charge is 0.381 e. The van der Waals surface area contributed by atoms with Crippen LogP contribution in [-0.2, 0) is 24.4 Å². The van der Waals surface area contributed by atoms with Crippen molar-refractivity contribution in [3.63, 3.8) is 0 Å². The second-order valence-corrected chi connectivity index (χ2v) is 6.34. The van der Waals surface area contributed by atoms with Crippen LogP contribution in [0.25, 0.3) is 0 Å². The van der Waals surface area contributed by atoms with Gasteiger partial charge in [0.25, 0.3) is 0 Å². The van der Waals surface area contributed by atoms with E-state index in [0.29, 0.717) is 23.5 Å². The van der Waals surface area contributed by atoms with Crippen LogP contribution in [0.5, 0.6) is 0 Å². The maximum atomic E-state index is 13.1. The molecule has 0 radical (unpaired) electrons. The van der Waals surface area contributed by atoms with Gasteiger partial charge in [0.05, 0.1) is 11.3 Å². The lowest BCUT2D eigenvalue weighted by molar-refractivity contribution is -0.138. The van der Waals surface area contributed by atoms with Gasteiger partial charge in [-0.1, -0.05) is 12.1 Å². The maximum absolute atomic E-state index is 13.1. The number of nitrogens with zero attached hydrogens (tertiary/aromatic N) is 2. The minimum Gasteiger partial charge on any atom is -0.381 e. The number of alkyl halides is 3. The molecule has 0 N–H and O–H groups in total. The summed E-state index contributed by atoms with van der Waals surface area (Å²) >= 11 is 0. The Bertz CT molecular complexity index is 716. The summed E-state index contributed by atoms with van der Waals surface area (Å²) in [6, 6.07) is 6.39. The molecule has 24 heavy (non-hydrogen) atoms. The number of hydrogen-bond acceptors (Lipinski definition) is 2. The van der Waals surface area contributed by atoms with Crippen LogP contribution in [0, 0.1) is 6.92 Å². The summed E-state index contributed by atoms with van der Waals surface area (Å²) < 4.78 is 46.3. The van der Waals surface area contributed by atoms with Crippen molar-refractivity contribution in [1.82, 2.24) is 9.78 Å². The third-order valence-corrected chi connectivity index (χ3v) is 4.76. The van der Waals surface area contributed by atoms with E-state index in [2.05, 4.69) is 5.10 Å². The second-order valence-electron chi connectivity index (χ2n) is 6.34. The number of halogens is 3. The highest BCUT2D eigenvalue weighted by Crippen LogP contribution is 2.34. The van der Waals surface area contributed by atoms with Gasteiger partial charge in [0.2, 0.25) is 0 Å². The molecule has 6 heteroatoms. The van der Waals surface area contributed by atoms with Crippen molar-refractivity contribution >= 4 is 0 Å². The first kappa shape index (κ1) is 17.0. The molecule has 2 aromatic rings. The van der Waals surface area contributed by atoms with E-state index in [1.54, 1.807) is 10.7 Å². The fourth-order valence-electron chi connectivity index (χ4n) is 3.27. The van der Waals surface area contributed by atoms with Gasteiger partial charge in [-0.05, 0) is 43.0 Å². The van der Waals surface area contributed by atoms with Crippen LogP contribution in [0.4, 0.5) is 13.2 Å². The average molecular weight is 338 g/mol. The zero-order valence-electron chi connectivity index (χ0n) is 13.9. The van der Waals surface area contributed by atoms with Crippen molar-refractivity contribution < 1.29 is 17.9 Å². The highest BCUT2D eigenvalue weighted by atomic mass is 19.4. The Morgan fingerprint density at radius 2 is 1.96 bits per heavy atom. The van der Waals surface area contributed by atoms with E-state index in [1.165, 1.54) is 13.0 Å². The van der Waals surface area contributed by atoms with E-state index < -0.39 is 11.7 Å².